The van der Waals surface area contributed by atoms with Crippen LogP contribution in [0.1, 0.15) is 0 Å². The molecule has 0 aliphatic carbocycles. The number of rotatable bonds is 4. The van der Waals surface area contributed by atoms with Crippen LogP contribution in [0.4, 0.5) is 21.5 Å². The summed E-state index contributed by atoms with van der Waals surface area (Å²) in [5, 5.41) is 3.00. The number of nitrogens with one attached hydrogen (secondary N) is 2. The number of sulfonamides is 1. The van der Waals surface area contributed by atoms with Crippen LogP contribution in [0.25, 0.3) is 0 Å². The lowest BCUT2D eigenvalue weighted by atomic mass is 10.2. The fraction of sp³-hybridized carbons (Fsp3) is 0.0769. The summed E-state index contributed by atoms with van der Waals surface area (Å²) in [6.45, 7) is 0. The smallest absolute Gasteiger partial charge is 0.240 e. The SMILES string of the molecule is CNS(=O)(=O)c1ccc(Nc2ccc(F)c(Br)c2)c(N)c1. The molecule has 0 aliphatic rings. The summed E-state index contributed by atoms with van der Waals surface area (Å²) < 4.78 is 39.0. The number of nitrogen functional groups attached to an aromatic ring is 1. The van der Waals surface area contributed by atoms with Crippen LogP contribution in [0.2, 0.25) is 0 Å². The van der Waals surface area contributed by atoms with Gasteiger partial charge in [0.15, 0.2) is 0 Å². The van der Waals surface area contributed by atoms with Crippen LogP contribution in [0, 0.1) is 5.82 Å². The maximum Gasteiger partial charge on any atom is 0.240 e. The monoisotopic (exact) mass is 373 g/mol. The lowest BCUT2D eigenvalue weighted by molar-refractivity contribution is 0.588. The molecule has 0 saturated carbocycles. The molecule has 112 valence electrons. The number of hydrogen-bond donors (Lipinski definition) is 3. The standard InChI is InChI=1S/C13H13BrFN3O2S/c1-17-21(19,20)9-3-5-13(12(16)7-9)18-8-2-4-11(15)10(14)6-8/h2-7,17-18H,16H2,1H3. The predicted octanol–water partition coefficient (Wildman–Crippen LogP) is 2.82. The minimum atomic E-state index is -3.54. The molecule has 0 fully saturated rings. The molecule has 0 bridgehead atoms. The Bertz CT molecular complexity index is 781. The largest absolute Gasteiger partial charge is 0.397 e. The summed E-state index contributed by atoms with van der Waals surface area (Å²) in [6.07, 6.45) is 0. The minimum absolute atomic E-state index is 0.0772. The Morgan fingerprint density at radius 1 is 1.19 bits per heavy atom. The molecule has 8 heteroatoms. The van der Waals surface area contributed by atoms with Gasteiger partial charge in [0, 0.05) is 5.69 Å². The highest BCUT2D eigenvalue weighted by Gasteiger charge is 2.13. The average Bonchev–Trinajstić information content (AvgIpc) is 2.45. The van der Waals surface area contributed by atoms with Gasteiger partial charge in [-0.2, -0.15) is 0 Å². The molecule has 0 spiro atoms. The molecule has 0 radical (unpaired) electrons. The molecule has 0 saturated heterocycles. The van der Waals surface area contributed by atoms with E-state index in [0.29, 0.717) is 15.8 Å². The van der Waals surface area contributed by atoms with Crippen LogP contribution < -0.4 is 15.8 Å². The van der Waals surface area contributed by atoms with E-state index in [-0.39, 0.29) is 16.4 Å². The van der Waals surface area contributed by atoms with E-state index in [1.165, 1.54) is 25.2 Å². The van der Waals surface area contributed by atoms with Crippen LogP contribution >= 0.6 is 15.9 Å². The van der Waals surface area contributed by atoms with E-state index in [9.17, 15) is 12.8 Å². The Labute approximate surface area is 130 Å². The number of halogens is 2. The summed E-state index contributed by atoms with van der Waals surface area (Å²) in [5.41, 5.74) is 7.27. The molecule has 4 N–H and O–H groups in total. The molecule has 0 heterocycles. The van der Waals surface area contributed by atoms with Crippen molar-refractivity contribution < 1.29 is 12.8 Å². The number of nitrogens with two attached hydrogens (primary N) is 1. The number of anilines is 3. The van der Waals surface area contributed by atoms with Crippen molar-refractivity contribution in [1.82, 2.24) is 4.72 Å². The second kappa shape index (κ2) is 6.00. The third-order valence-corrected chi connectivity index (χ3v) is 4.82. The quantitative estimate of drug-likeness (QED) is 0.719. The first-order chi connectivity index (χ1) is 9.83. The molecule has 0 unspecified atom stereocenters. The van der Waals surface area contributed by atoms with E-state index < -0.39 is 10.0 Å². The zero-order valence-corrected chi connectivity index (χ0v) is 13.4. The fourth-order valence-electron chi connectivity index (χ4n) is 1.67. The Kier molecular flexibility index (Phi) is 4.50. The first-order valence-electron chi connectivity index (χ1n) is 5.88. The van der Waals surface area contributed by atoms with E-state index in [0.717, 1.165) is 0 Å². The van der Waals surface area contributed by atoms with Crippen molar-refractivity contribution in [1.29, 1.82) is 0 Å². The Morgan fingerprint density at radius 2 is 1.90 bits per heavy atom. The molecule has 0 aromatic heterocycles. The molecular formula is C13H13BrFN3O2S. The maximum atomic E-state index is 13.2. The fourth-order valence-corrected chi connectivity index (χ4v) is 2.81. The molecule has 0 aliphatic heterocycles. The van der Waals surface area contributed by atoms with E-state index in [1.54, 1.807) is 18.2 Å². The zero-order valence-electron chi connectivity index (χ0n) is 11.0. The van der Waals surface area contributed by atoms with Crippen molar-refractivity contribution in [3.63, 3.8) is 0 Å². The highest BCUT2D eigenvalue weighted by molar-refractivity contribution is 9.10. The molecular weight excluding hydrogens is 361 g/mol. The normalized spacial score (nSPS) is 11.4. The van der Waals surface area contributed by atoms with Gasteiger partial charge in [-0.15, -0.1) is 0 Å². The summed E-state index contributed by atoms with van der Waals surface area (Å²) in [6, 6.07) is 8.76. The van der Waals surface area contributed by atoms with Crippen molar-refractivity contribution in [2.24, 2.45) is 0 Å². The number of benzene rings is 2. The van der Waals surface area contributed by atoms with Crippen molar-refractivity contribution in [2.45, 2.75) is 4.90 Å². The summed E-state index contributed by atoms with van der Waals surface area (Å²) >= 11 is 3.09. The van der Waals surface area contributed by atoms with Gasteiger partial charge in [0.1, 0.15) is 5.82 Å². The summed E-state index contributed by atoms with van der Waals surface area (Å²) in [7, 11) is -2.21. The van der Waals surface area contributed by atoms with Crippen LogP contribution in [0.5, 0.6) is 0 Å². The third-order valence-electron chi connectivity index (χ3n) is 2.80. The zero-order chi connectivity index (χ0) is 15.6. The average molecular weight is 374 g/mol. The molecule has 2 rings (SSSR count). The number of hydrogen-bond acceptors (Lipinski definition) is 4. The van der Waals surface area contributed by atoms with Crippen molar-refractivity contribution >= 4 is 43.0 Å². The van der Waals surface area contributed by atoms with Gasteiger partial charge < -0.3 is 11.1 Å². The van der Waals surface area contributed by atoms with Gasteiger partial charge in [0.2, 0.25) is 10.0 Å². The van der Waals surface area contributed by atoms with Gasteiger partial charge in [0.05, 0.1) is 20.7 Å². The highest BCUT2D eigenvalue weighted by Crippen LogP contribution is 2.28. The highest BCUT2D eigenvalue weighted by atomic mass is 79.9. The summed E-state index contributed by atoms with van der Waals surface area (Å²) in [4.78, 5) is 0.0772. The Balaban J connectivity index is 2.31. The summed E-state index contributed by atoms with van der Waals surface area (Å²) in [5.74, 6) is -0.371. The van der Waals surface area contributed by atoms with E-state index in [1.807, 2.05) is 0 Å². The lowest BCUT2D eigenvalue weighted by Crippen LogP contribution is -2.18. The molecule has 0 amide bonds. The first-order valence-corrected chi connectivity index (χ1v) is 8.16. The van der Waals surface area contributed by atoms with Crippen molar-refractivity contribution in [3.8, 4) is 0 Å². The van der Waals surface area contributed by atoms with Crippen molar-refractivity contribution in [3.05, 3.63) is 46.7 Å². The van der Waals surface area contributed by atoms with Gasteiger partial charge in [-0.1, -0.05) is 0 Å². The van der Waals surface area contributed by atoms with Gasteiger partial charge in [-0.3, -0.25) is 0 Å². The molecule has 0 atom stereocenters. The van der Waals surface area contributed by atoms with E-state index in [4.69, 9.17) is 5.73 Å². The Hall–Kier alpha value is -1.64. The van der Waals surface area contributed by atoms with Crippen LogP contribution in [-0.2, 0) is 10.0 Å². The van der Waals surface area contributed by atoms with E-state index in [2.05, 4.69) is 26.0 Å². The Morgan fingerprint density at radius 3 is 2.48 bits per heavy atom. The molecule has 5 nitrogen and oxygen atoms in total. The van der Waals surface area contributed by atoms with Crippen LogP contribution in [0.3, 0.4) is 0 Å². The molecule has 21 heavy (non-hydrogen) atoms. The first kappa shape index (κ1) is 15.7. The van der Waals surface area contributed by atoms with Gasteiger partial charge >= 0.3 is 0 Å². The lowest BCUT2D eigenvalue weighted by Gasteiger charge is -2.11. The van der Waals surface area contributed by atoms with E-state index >= 15 is 0 Å². The van der Waals surface area contributed by atoms with Crippen LogP contribution in [0.15, 0.2) is 45.8 Å². The molecule has 2 aromatic rings. The second-order valence-electron chi connectivity index (χ2n) is 4.21. The van der Waals surface area contributed by atoms with Crippen LogP contribution in [-0.4, -0.2) is 15.5 Å². The van der Waals surface area contributed by atoms with Gasteiger partial charge in [-0.05, 0) is 59.4 Å². The minimum Gasteiger partial charge on any atom is -0.397 e. The second-order valence-corrected chi connectivity index (χ2v) is 6.95. The topological polar surface area (TPSA) is 84.2 Å². The van der Waals surface area contributed by atoms with Gasteiger partial charge in [-0.25, -0.2) is 17.5 Å². The van der Waals surface area contributed by atoms with Gasteiger partial charge in [0.25, 0.3) is 0 Å². The third kappa shape index (κ3) is 3.52. The maximum absolute atomic E-state index is 13.2. The van der Waals surface area contributed by atoms with Crippen molar-refractivity contribution in [2.75, 3.05) is 18.1 Å². The molecule has 2 aromatic carbocycles. The predicted molar refractivity (Wildman–Crippen MR) is 84.5 cm³/mol.